The van der Waals surface area contributed by atoms with Gasteiger partial charge in [-0.2, -0.15) is 5.10 Å². The molecule has 0 N–H and O–H groups in total. The average molecular weight is 444 g/mol. The Hall–Kier alpha value is -4.00. The van der Waals surface area contributed by atoms with Crippen molar-refractivity contribution in [1.29, 1.82) is 0 Å². The van der Waals surface area contributed by atoms with Crippen LogP contribution in [0.4, 0.5) is 0 Å². The molecule has 0 saturated heterocycles. The summed E-state index contributed by atoms with van der Waals surface area (Å²) in [7, 11) is 4.66. The largest absolute Gasteiger partial charge is 0.497 e. The molecule has 2 aliphatic rings. The fourth-order valence-corrected chi connectivity index (χ4v) is 4.34. The first-order valence-corrected chi connectivity index (χ1v) is 10.6. The Kier molecular flexibility index (Phi) is 5.38. The normalized spacial score (nSPS) is 18.5. The maximum atomic E-state index is 11.9. The molecule has 0 aliphatic carbocycles. The van der Waals surface area contributed by atoms with Gasteiger partial charge in [-0.05, 0) is 30.3 Å². The van der Waals surface area contributed by atoms with Gasteiger partial charge in [0.25, 0.3) is 0 Å². The Morgan fingerprint density at radius 1 is 1.00 bits per heavy atom. The third kappa shape index (κ3) is 3.65. The van der Waals surface area contributed by atoms with Crippen molar-refractivity contribution < 1.29 is 23.7 Å². The number of nitrogens with zero attached hydrogens (tertiary/aromatic N) is 2. The van der Waals surface area contributed by atoms with Crippen molar-refractivity contribution in [3.8, 4) is 17.2 Å². The maximum Gasteiger partial charge on any atom is 0.337 e. The molecule has 0 radical (unpaired) electrons. The molecule has 3 aromatic rings. The number of benzene rings is 3. The summed E-state index contributed by atoms with van der Waals surface area (Å²) in [6.07, 6.45) is 0.238. The molecule has 0 amide bonds. The number of hydrogen-bond acceptors (Lipinski definition) is 7. The monoisotopic (exact) mass is 444 g/mol. The number of hydrogen-bond donors (Lipinski definition) is 0. The van der Waals surface area contributed by atoms with E-state index in [0.717, 1.165) is 28.2 Å². The topological polar surface area (TPSA) is 69.6 Å². The zero-order chi connectivity index (χ0) is 22.9. The first-order chi connectivity index (χ1) is 16.1. The maximum absolute atomic E-state index is 11.9. The lowest BCUT2D eigenvalue weighted by atomic mass is 9.95. The number of hydrazone groups is 1. The third-order valence-electron chi connectivity index (χ3n) is 6.02. The minimum atomic E-state index is -0.478. The predicted octanol–water partition coefficient (Wildman–Crippen LogP) is 4.73. The fraction of sp³-hybridized carbons (Fsp3) is 0.231. The molecule has 7 heteroatoms. The second-order valence-corrected chi connectivity index (χ2v) is 7.84. The molecule has 0 bridgehead atoms. The Balaban J connectivity index is 1.58. The molecule has 2 aliphatic heterocycles. The van der Waals surface area contributed by atoms with Gasteiger partial charge in [0.1, 0.15) is 5.75 Å². The number of ether oxygens (including phenoxy) is 4. The van der Waals surface area contributed by atoms with Gasteiger partial charge in [-0.15, -0.1) is 0 Å². The second-order valence-electron chi connectivity index (χ2n) is 7.84. The van der Waals surface area contributed by atoms with Crippen LogP contribution in [0.25, 0.3) is 0 Å². The lowest BCUT2D eigenvalue weighted by Gasteiger charge is -2.38. The first kappa shape index (κ1) is 20.9. The standard InChI is InChI=1S/C26H24N2O5/c1-30-19-7-4-6-18(14-19)21-15-22-20-8-5-9-23(31-2)24(20)33-25(28(22)27-21)16-10-12-17(13-11-16)26(29)32-3/h4-14,22,25H,15H2,1-3H3/t22-,25-/m0/s1. The highest BCUT2D eigenvalue weighted by atomic mass is 16.5. The minimum absolute atomic E-state index is 0.0182. The van der Waals surface area contributed by atoms with Gasteiger partial charge in [-0.25, -0.2) is 9.80 Å². The zero-order valence-corrected chi connectivity index (χ0v) is 18.6. The van der Waals surface area contributed by atoms with Gasteiger partial charge in [0.2, 0.25) is 6.23 Å². The lowest BCUT2D eigenvalue weighted by Crippen LogP contribution is -2.33. The molecule has 33 heavy (non-hydrogen) atoms. The van der Waals surface area contributed by atoms with E-state index in [2.05, 4.69) is 6.07 Å². The predicted molar refractivity (Wildman–Crippen MR) is 123 cm³/mol. The van der Waals surface area contributed by atoms with Crippen LogP contribution in [0.1, 0.15) is 45.7 Å². The number of carbonyl (C=O) groups excluding carboxylic acids is 1. The van der Waals surface area contributed by atoms with Crippen molar-refractivity contribution in [3.63, 3.8) is 0 Å². The molecular weight excluding hydrogens is 420 g/mol. The van der Waals surface area contributed by atoms with E-state index in [9.17, 15) is 4.79 Å². The summed E-state index contributed by atoms with van der Waals surface area (Å²) in [6.45, 7) is 0. The number of esters is 1. The van der Waals surface area contributed by atoms with Crippen molar-refractivity contribution in [2.45, 2.75) is 18.7 Å². The van der Waals surface area contributed by atoms with Gasteiger partial charge < -0.3 is 18.9 Å². The molecule has 2 atom stereocenters. The van der Waals surface area contributed by atoms with Crippen LogP contribution in [-0.2, 0) is 4.74 Å². The van der Waals surface area contributed by atoms with E-state index in [4.69, 9.17) is 24.0 Å². The summed E-state index contributed by atoms with van der Waals surface area (Å²) in [6, 6.07) is 21.0. The summed E-state index contributed by atoms with van der Waals surface area (Å²) in [4.78, 5) is 11.9. The molecule has 0 aromatic heterocycles. The van der Waals surface area contributed by atoms with Crippen LogP contribution in [0.3, 0.4) is 0 Å². The molecule has 3 aromatic carbocycles. The van der Waals surface area contributed by atoms with E-state index in [-0.39, 0.29) is 12.0 Å². The van der Waals surface area contributed by atoms with Crippen molar-refractivity contribution in [3.05, 3.63) is 89.0 Å². The fourth-order valence-electron chi connectivity index (χ4n) is 4.34. The van der Waals surface area contributed by atoms with E-state index >= 15 is 0 Å². The second kappa shape index (κ2) is 8.50. The highest BCUT2D eigenvalue weighted by Gasteiger charge is 2.42. The molecule has 0 unspecified atom stereocenters. The van der Waals surface area contributed by atoms with Crippen LogP contribution in [0.5, 0.6) is 17.2 Å². The lowest BCUT2D eigenvalue weighted by molar-refractivity contribution is -0.0209. The van der Waals surface area contributed by atoms with Gasteiger partial charge in [0.05, 0.1) is 38.6 Å². The number of fused-ring (bicyclic) bond motifs is 3. The summed E-state index contributed by atoms with van der Waals surface area (Å²) < 4.78 is 22.3. The number of carbonyl (C=O) groups is 1. The smallest absolute Gasteiger partial charge is 0.337 e. The van der Waals surface area contributed by atoms with Crippen molar-refractivity contribution >= 4 is 11.7 Å². The van der Waals surface area contributed by atoms with E-state index in [1.165, 1.54) is 7.11 Å². The zero-order valence-electron chi connectivity index (χ0n) is 18.6. The Bertz CT molecular complexity index is 1220. The summed E-state index contributed by atoms with van der Waals surface area (Å²) in [5, 5.41) is 6.97. The highest BCUT2D eigenvalue weighted by molar-refractivity contribution is 6.02. The Morgan fingerprint density at radius 2 is 1.79 bits per heavy atom. The molecule has 0 spiro atoms. The van der Waals surface area contributed by atoms with Crippen LogP contribution < -0.4 is 14.2 Å². The van der Waals surface area contributed by atoms with Crippen LogP contribution in [0.2, 0.25) is 0 Å². The highest BCUT2D eigenvalue weighted by Crippen LogP contribution is 2.50. The molecule has 7 nitrogen and oxygen atoms in total. The van der Waals surface area contributed by atoms with Crippen molar-refractivity contribution in [1.82, 2.24) is 5.01 Å². The molecule has 2 heterocycles. The van der Waals surface area contributed by atoms with E-state index in [0.29, 0.717) is 23.5 Å². The molecule has 0 fully saturated rings. The van der Waals surface area contributed by atoms with Crippen LogP contribution >= 0.6 is 0 Å². The van der Waals surface area contributed by atoms with Crippen LogP contribution in [0, 0.1) is 0 Å². The quantitative estimate of drug-likeness (QED) is 0.530. The average Bonchev–Trinajstić information content (AvgIpc) is 3.33. The van der Waals surface area contributed by atoms with Gasteiger partial charge in [-0.1, -0.05) is 36.4 Å². The van der Waals surface area contributed by atoms with E-state index in [1.807, 2.05) is 53.5 Å². The first-order valence-electron chi connectivity index (χ1n) is 10.6. The van der Waals surface area contributed by atoms with Gasteiger partial charge in [0.15, 0.2) is 11.5 Å². The van der Waals surface area contributed by atoms with E-state index in [1.54, 1.807) is 26.4 Å². The third-order valence-corrected chi connectivity index (χ3v) is 6.02. The van der Waals surface area contributed by atoms with Crippen molar-refractivity contribution in [2.24, 2.45) is 5.10 Å². The number of rotatable bonds is 5. The van der Waals surface area contributed by atoms with Gasteiger partial charge in [-0.3, -0.25) is 0 Å². The number of para-hydroxylation sites is 1. The minimum Gasteiger partial charge on any atom is -0.497 e. The van der Waals surface area contributed by atoms with E-state index < -0.39 is 6.23 Å². The Labute approximate surface area is 192 Å². The number of methoxy groups -OCH3 is 3. The summed E-state index contributed by atoms with van der Waals surface area (Å²) in [5.41, 5.74) is 4.34. The van der Waals surface area contributed by atoms with Crippen LogP contribution in [0.15, 0.2) is 71.8 Å². The van der Waals surface area contributed by atoms with Gasteiger partial charge in [0, 0.05) is 23.1 Å². The Morgan fingerprint density at radius 3 is 2.52 bits per heavy atom. The SMILES string of the molecule is COC(=O)c1ccc([C@@H]2Oc3c(OC)cccc3[C@@H]3CC(c4cccc(OC)c4)=NN32)cc1. The van der Waals surface area contributed by atoms with Gasteiger partial charge >= 0.3 is 5.97 Å². The molecular formula is C26H24N2O5. The summed E-state index contributed by atoms with van der Waals surface area (Å²) in [5.74, 6) is 1.80. The van der Waals surface area contributed by atoms with Crippen LogP contribution in [-0.4, -0.2) is 38.0 Å². The van der Waals surface area contributed by atoms with Crippen molar-refractivity contribution in [2.75, 3.05) is 21.3 Å². The molecule has 5 rings (SSSR count). The molecule has 0 saturated carbocycles. The molecule has 168 valence electrons. The summed E-state index contributed by atoms with van der Waals surface area (Å²) >= 11 is 0.